The quantitative estimate of drug-likeness (QED) is 0.808. The Morgan fingerprint density at radius 1 is 1.77 bits per heavy atom. The molecule has 0 bridgehead atoms. The van der Waals surface area contributed by atoms with Crippen molar-refractivity contribution in [2.75, 3.05) is 5.21 Å². The third-order valence-corrected chi connectivity index (χ3v) is 4.14. The lowest BCUT2D eigenvalue weighted by Gasteiger charge is -2.09. The molecule has 1 rings (SSSR count). The third kappa shape index (κ3) is 3.22. The molecule has 1 unspecified atom stereocenters. The molecule has 1 atom stereocenters. The van der Waals surface area contributed by atoms with E-state index in [1.54, 1.807) is 18.5 Å². The molecule has 1 aromatic rings. The highest BCUT2D eigenvalue weighted by Gasteiger charge is 2.15. The Bertz CT molecular complexity index is 349. The summed E-state index contributed by atoms with van der Waals surface area (Å²) >= 11 is 6.63. The van der Waals surface area contributed by atoms with Gasteiger partial charge in [-0.2, -0.15) is 0 Å². The van der Waals surface area contributed by atoms with Gasteiger partial charge in [0.2, 0.25) is 10.0 Å². The minimum Gasteiger partial charge on any atom is -0.248 e. The Labute approximate surface area is 86.0 Å². The molecule has 74 valence electrons. The number of hydrogen-bond acceptors (Lipinski definition) is 4. The fourth-order valence-electron chi connectivity index (χ4n) is 0.800. The minimum absolute atomic E-state index is 0.316. The number of sulfonamides is 1. The molecule has 7 heteroatoms. The molecule has 0 spiro atoms. The van der Waals surface area contributed by atoms with Crippen molar-refractivity contribution in [3.8, 4) is 0 Å². The molecular weight excluding hydrogens is 232 g/mol. The van der Waals surface area contributed by atoms with E-state index in [0.29, 0.717) is 0 Å². The molecule has 13 heavy (non-hydrogen) atoms. The van der Waals surface area contributed by atoms with Crippen LogP contribution in [0.2, 0.25) is 0 Å². The van der Waals surface area contributed by atoms with Crippen molar-refractivity contribution >= 4 is 33.0 Å². The highest BCUT2D eigenvalue weighted by atomic mass is 35.5. The minimum atomic E-state index is -3.36. The molecule has 0 aromatic carbocycles. The highest BCUT2D eigenvalue weighted by molar-refractivity contribution is 7.90. The van der Waals surface area contributed by atoms with E-state index in [1.807, 2.05) is 0 Å². The summed E-state index contributed by atoms with van der Waals surface area (Å²) in [6.07, 6.45) is 1.63. The molecule has 1 N–H and O–H groups in total. The van der Waals surface area contributed by atoms with Crippen LogP contribution in [-0.4, -0.2) is 18.6 Å². The summed E-state index contributed by atoms with van der Waals surface area (Å²) in [6.45, 7) is 1.73. The summed E-state index contributed by atoms with van der Waals surface area (Å²) < 4.78 is 24.5. The lowest BCUT2D eigenvalue weighted by molar-refractivity contribution is 0.571. The maximum atomic E-state index is 11.0. The van der Waals surface area contributed by atoms with Gasteiger partial charge < -0.3 is 0 Å². The number of halogens is 1. The second kappa shape index (κ2) is 4.36. The van der Waals surface area contributed by atoms with E-state index in [-0.39, 0.29) is 6.04 Å². The van der Waals surface area contributed by atoms with Gasteiger partial charge in [-0.05, 0) is 6.92 Å². The molecule has 4 nitrogen and oxygen atoms in total. The normalized spacial score (nSPS) is 14.3. The van der Waals surface area contributed by atoms with Crippen LogP contribution in [0.25, 0.3) is 0 Å². The fourth-order valence-corrected chi connectivity index (χ4v) is 2.42. The van der Waals surface area contributed by atoms with Crippen LogP contribution in [0.15, 0.2) is 11.6 Å². The first-order valence-electron chi connectivity index (χ1n) is 3.50. The maximum Gasteiger partial charge on any atom is 0.226 e. The summed E-state index contributed by atoms with van der Waals surface area (Å²) in [5.41, 5.74) is 0. The van der Waals surface area contributed by atoms with E-state index in [2.05, 4.69) is 9.71 Å². The third-order valence-electron chi connectivity index (χ3n) is 1.32. The molecule has 0 fully saturated rings. The zero-order valence-electron chi connectivity index (χ0n) is 6.90. The van der Waals surface area contributed by atoms with Gasteiger partial charge in [0.05, 0.1) is 6.04 Å². The maximum absolute atomic E-state index is 11.0. The Morgan fingerprint density at radius 3 is 2.92 bits per heavy atom. The van der Waals surface area contributed by atoms with Gasteiger partial charge in [-0.25, -0.2) is 18.1 Å². The molecule has 0 saturated carbocycles. The molecule has 0 saturated heterocycles. The Balaban J connectivity index is 2.67. The number of aromatic nitrogens is 1. The number of alkyl halides is 1. The predicted molar refractivity (Wildman–Crippen MR) is 53.3 cm³/mol. The first-order valence-corrected chi connectivity index (χ1v) is 6.57. The van der Waals surface area contributed by atoms with E-state index in [0.717, 1.165) is 5.01 Å². The Morgan fingerprint density at radius 2 is 2.46 bits per heavy atom. The average molecular weight is 241 g/mol. The molecule has 0 aliphatic heterocycles. The van der Waals surface area contributed by atoms with Crippen LogP contribution >= 0.6 is 22.9 Å². The van der Waals surface area contributed by atoms with Crippen molar-refractivity contribution in [2.24, 2.45) is 0 Å². The summed E-state index contributed by atoms with van der Waals surface area (Å²) in [4.78, 5) is 3.98. The molecule has 1 heterocycles. The van der Waals surface area contributed by atoms with Crippen LogP contribution < -0.4 is 4.72 Å². The first kappa shape index (κ1) is 10.9. The first-order chi connectivity index (χ1) is 6.05. The standard InChI is InChI=1S/C6H9ClN2O2S2/c1-5(6-8-2-3-12-6)9-13(10,11)4-7/h2-3,5,9H,4H2,1H3. The molecule has 1 aromatic heterocycles. The smallest absolute Gasteiger partial charge is 0.226 e. The number of thiazole rings is 1. The lowest BCUT2D eigenvalue weighted by Crippen LogP contribution is -2.27. The zero-order valence-corrected chi connectivity index (χ0v) is 9.29. The number of hydrogen-bond donors (Lipinski definition) is 1. The van der Waals surface area contributed by atoms with Gasteiger partial charge >= 0.3 is 0 Å². The van der Waals surface area contributed by atoms with Gasteiger partial charge in [-0.3, -0.25) is 0 Å². The summed E-state index contributed by atoms with van der Waals surface area (Å²) in [6, 6.07) is -0.316. The van der Waals surface area contributed by atoms with Crippen molar-refractivity contribution in [1.29, 1.82) is 0 Å². The van der Waals surface area contributed by atoms with Crippen molar-refractivity contribution in [2.45, 2.75) is 13.0 Å². The second-order valence-corrected chi connectivity index (χ2v) is 5.70. The topological polar surface area (TPSA) is 59.1 Å². The van der Waals surface area contributed by atoms with Crippen molar-refractivity contribution in [3.63, 3.8) is 0 Å². The van der Waals surface area contributed by atoms with Crippen LogP contribution in [0.1, 0.15) is 18.0 Å². The zero-order chi connectivity index (χ0) is 9.90. The summed E-state index contributed by atoms with van der Waals surface area (Å²) in [7, 11) is -3.36. The molecule has 0 aliphatic carbocycles. The van der Waals surface area contributed by atoms with E-state index in [4.69, 9.17) is 11.6 Å². The Kier molecular flexibility index (Phi) is 3.66. The van der Waals surface area contributed by atoms with Crippen LogP contribution in [0, 0.1) is 0 Å². The van der Waals surface area contributed by atoms with E-state index < -0.39 is 15.2 Å². The molecule has 0 aliphatic rings. The number of nitrogens with one attached hydrogen (secondary N) is 1. The van der Waals surface area contributed by atoms with Gasteiger partial charge in [0.25, 0.3) is 0 Å². The van der Waals surface area contributed by atoms with Crippen LogP contribution in [0.5, 0.6) is 0 Å². The van der Waals surface area contributed by atoms with Crippen molar-refractivity contribution < 1.29 is 8.42 Å². The van der Waals surface area contributed by atoms with E-state index in [9.17, 15) is 8.42 Å². The molecular formula is C6H9ClN2O2S2. The van der Waals surface area contributed by atoms with Crippen LogP contribution in [0.3, 0.4) is 0 Å². The van der Waals surface area contributed by atoms with Crippen molar-refractivity contribution in [1.82, 2.24) is 9.71 Å². The van der Waals surface area contributed by atoms with E-state index in [1.165, 1.54) is 11.3 Å². The van der Waals surface area contributed by atoms with E-state index >= 15 is 0 Å². The molecule has 0 radical (unpaired) electrons. The van der Waals surface area contributed by atoms with Crippen LogP contribution in [-0.2, 0) is 10.0 Å². The number of rotatable bonds is 4. The fraction of sp³-hybridized carbons (Fsp3) is 0.500. The van der Waals surface area contributed by atoms with Gasteiger partial charge in [0.15, 0.2) is 0 Å². The largest absolute Gasteiger partial charge is 0.248 e. The SMILES string of the molecule is CC(NS(=O)(=O)CCl)c1nccs1. The predicted octanol–water partition coefficient (Wildman–Crippen LogP) is 1.32. The average Bonchev–Trinajstić information content (AvgIpc) is 2.55. The highest BCUT2D eigenvalue weighted by Crippen LogP contribution is 2.15. The summed E-state index contributed by atoms with van der Waals surface area (Å²) in [5, 5.41) is 2.09. The van der Waals surface area contributed by atoms with Crippen LogP contribution in [0.4, 0.5) is 0 Å². The monoisotopic (exact) mass is 240 g/mol. The Hall–Kier alpha value is -0.170. The van der Waals surface area contributed by atoms with Gasteiger partial charge in [-0.15, -0.1) is 22.9 Å². The lowest BCUT2D eigenvalue weighted by atomic mass is 10.4. The number of nitrogens with zero attached hydrogens (tertiary/aromatic N) is 1. The van der Waals surface area contributed by atoms with Gasteiger partial charge in [0.1, 0.15) is 10.2 Å². The molecule has 0 amide bonds. The van der Waals surface area contributed by atoms with Gasteiger partial charge in [-0.1, -0.05) is 0 Å². The summed E-state index contributed by atoms with van der Waals surface area (Å²) in [5.74, 6) is 0. The second-order valence-electron chi connectivity index (χ2n) is 2.43. The van der Waals surface area contributed by atoms with Gasteiger partial charge in [0, 0.05) is 11.6 Å². The van der Waals surface area contributed by atoms with Crippen molar-refractivity contribution in [3.05, 3.63) is 16.6 Å².